The summed E-state index contributed by atoms with van der Waals surface area (Å²) in [5.41, 5.74) is 6.78. The summed E-state index contributed by atoms with van der Waals surface area (Å²) in [6.45, 7) is 4.74. The molecule has 0 aliphatic rings. The Kier molecular flexibility index (Phi) is 7.74. The van der Waals surface area contributed by atoms with Crippen LogP contribution in [-0.2, 0) is 16.0 Å². The molecule has 6 heteroatoms. The zero-order valence-electron chi connectivity index (χ0n) is 12.8. The molecular weight excluding hydrogens is 291 g/mol. The van der Waals surface area contributed by atoms with Gasteiger partial charge in [-0.05, 0) is 24.6 Å². The Morgan fingerprint density at radius 3 is 2.67 bits per heavy atom. The van der Waals surface area contributed by atoms with Crippen LogP contribution in [0.3, 0.4) is 0 Å². The van der Waals surface area contributed by atoms with Crippen molar-refractivity contribution >= 4 is 17.2 Å². The average Bonchev–Trinajstić information content (AvgIpc) is 2.45. The molecule has 2 N–H and O–H groups in total. The highest BCUT2D eigenvalue weighted by Crippen LogP contribution is 2.14. The molecule has 0 radical (unpaired) electrons. The van der Waals surface area contributed by atoms with Crippen molar-refractivity contribution in [2.24, 2.45) is 5.73 Å². The Labute approximate surface area is 131 Å². The monoisotopic (exact) mass is 314 g/mol. The summed E-state index contributed by atoms with van der Waals surface area (Å²) < 4.78 is 24.0. The fraction of sp³-hybridized carbons (Fsp3) is 0.533. The van der Waals surface area contributed by atoms with Crippen molar-refractivity contribution in [1.29, 1.82) is 0 Å². The van der Waals surface area contributed by atoms with Gasteiger partial charge in [-0.25, -0.2) is 4.39 Å². The van der Waals surface area contributed by atoms with Gasteiger partial charge in [-0.15, -0.1) is 0 Å². The van der Waals surface area contributed by atoms with Gasteiger partial charge >= 0.3 is 0 Å². The molecule has 0 spiro atoms. The van der Waals surface area contributed by atoms with E-state index in [9.17, 15) is 4.39 Å². The first kappa shape index (κ1) is 18.0. The summed E-state index contributed by atoms with van der Waals surface area (Å²) in [7, 11) is 3.34. The van der Waals surface area contributed by atoms with Gasteiger partial charge in [0.15, 0.2) is 0 Å². The third-order valence-corrected chi connectivity index (χ3v) is 3.52. The number of benzene rings is 1. The highest BCUT2D eigenvalue weighted by Gasteiger charge is 2.15. The standard InChI is InChI=1S/C15H23FN2O2S/c1-11(10-20-3)18(6-7-19-2)9-12-4-5-14(16)13(8-12)15(17)21/h4-5,8,11H,6-7,9-10H2,1-3H3,(H2,17,21). The van der Waals surface area contributed by atoms with E-state index in [-0.39, 0.29) is 22.4 Å². The second kappa shape index (κ2) is 9.04. The fourth-order valence-corrected chi connectivity index (χ4v) is 2.26. The van der Waals surface area contributed by atoms with Gasteiger partial charge in [0, 0.05) is 38.9 Å². The molecule has 21 heavy (non-hydrogen) atoms. The maximum Gasteiger partial charge on any atom is 0.133 e. The Morgan fingerprint density at radius 2 is 2.10 bits per heavy atom. The molecule has 118 valence electrons. The molecule has 0 aromatic heterocycles. The average molecular weight is 314 g/mol. The fourth-order valence-electron chi connectivity index (χ4n) is 2.10. The van der Waals surface area contributed by atoms with E-state index in [1.165, 1.54) is 6.07 Å². The minimum Gasteiger partial charge on any atom is -0.389 e. The predicted octanol–water partition coefficient (Wildman–Crippen LogP) is 1.94. The number of thiocarbonyl (C=S) groups is 1. The van der Waals surface area contributed by atoms with Crippen LogP contribution in [0.1, 0.15) is 18.1 Å². The summed E-state index contributed by atoms with van der Waals surface area (Å²) in [4.78, 5) is 2.28. The molecule has 1 rings (SSSR count). The van der Waals surface area contributed by atoms with E-state index in [1.807, 2.05) is 0 Å². The molecule has 0 saturated heterocycles. The van der Waals surface area contributed by atoms with Crippen molar-refractivity contribution in [3.63, 3.8) is 0 Å². The van der Waals surface area contributed by atoms with Crippen LogP contribution in [0.2, 0.25) is 0 Å². The van der Waals surface area contributed by atoms with Gasteiger partial charge < -0.3 is 15.2 Å². The Morgan fingerprint density at radius 1 is 1.38 bits per heavy atom. The topological polar surface area (TPSA) is 47.7 Å². The van der Waals surface area contributed by atoms with E-state index in [2.05, 4.69) is 11.8 Å². The smallest absolute Gasteiger partial charge is 0.133 e. The van der Waals surface area contributed by atoms with Crippen LogP contribution in [0.25, 0.3) is 0 Å². The second-order valence-corrected chi connectivity index (χ2v) is 5.39. The lowest BCUT2D eigenvalue weighted by Gasteiger charge is -2.28. The molecule has 1 aromatic rings. The van der Waals surface area contributed by atoms with E-state index < -0.39 is 0 Å². The number of methoxy groups -OCH3 is 2. The van der Waals surface area contributed by atoms with Gasteiger partial charge in [-0.1, -0.05) is 18.3 Å². The van der Waals surface area contributed by atoms with E-state index in [1.54, 1.807) is 26.4 Å². The van der Waals surface area contributed by atoms with Crippen LogP contribution < -0.4 is 5.73 Å². The van der Waals surface area contributed by atoms with Crippen molar-refractivity contribution < 1.29 is 13.9 Å². The van der Waals surface area contributed by atoms with Crippen molar-refractivity contribution in [2.75, 3.05) is 34.0 Å². The van der Waals surface area contributed by atoms with Gasteiger partial charge in [0.25, 0.3) is 0 Å². The molecule has 1 atom stereocenters. The van der Waals surface area contributed by atoms with Crippen LogP contribution in [0, 0.1) is 5.82 Å². The first-order valence-corrected chi connectivity index (χ1v) is 7.20. The zero-order chi connectivity index (χ0) is 15.8. The van der Waals surface area contributed by atoms with Gasteiger partial charge in [-0.3, -0.25) is 4.90 Å². The first-order valence-electron chi connectivity index (χ1n) is 6.79. The number of nitrogens with zero attached hydrogens (tertiary/aromatic N) is 1. The molecular formula is C15H23FN2O2S. The largest absolute Gasteiger partial charge is 0.389 e. The van der Waals surface area contributed by atoms with Crippen LogP contribution in [0.15, 0.2) is 18.2 Å². The highest BCUT2D eigenvalue weighted by molar-refractivity contribution is 7.80. The van der Waals surface area contributed by atoms with Gasteiger partial charge in [0.2, 0.25) is 0 Å². The normalized spacial score (nSPS) is 12.6. The van der Waals surface area contributed by atoms with Crippen molar-refractivity contribution in [3.05, 3.63) is 35.1 Å². The van der Waals surface area contributed by atoms with Gasteiger partial charge in [0.05, 0.1) is 13.2 Å². The summed E-state index contributed by atoms with van der Waals surface area (Å²) in [5.74, 6) is -0.389. The molecule has 0 aliphatic heterocycles. The molecule has 1 unspecified atom stereocenters. The molecule has 1 aromatic carbocycles. The number of nitrogens with two attached hydrogens (primary N) is 1. The molecule has 0 aliphatic carbocycles. The maximum absolute atomic E-state index is 13.6. The first-order chi connectivity index (χ1) is 9.99. The van der Waals surface area contributed by atoms with Crippen molar-refractivity contribution in [1.82, 2.24) is 4.90 Å². The lowest BCUT2D eigenvalue weighted by Crippen LogP contribution is -2.38. The third kappa shape index (κ3) is 5.67. The SMILES string of the molecule is COCCN(Cc1ccc(F)c(C(N)=S)c1)C(C)COC. The minimum atomic E-state index is -0.389. The van der Waals surface area contributed by atoms with Crippen LogP contribution in [-0.4, -0.2) is 49.9 Å². The maximum atomic E-state index is 13.6. The van der Waals surface area contributed by atoms with Crippen LogP contribution in [0.5, 0.6) is 0 Å². The summed E-state index contributed by atoms with van der Waals surface area (Å²) in [6, 6.07) is 5.08. The molecule has 0 bridgehead atoms. The molecule has 0 heterocycles. The lowest BCUT2D eigenvalue weighted by molar-refractivity contribution is 0.0705. The predicted molar refractivity (Wildman–Crippen MR) is 85.9 cm³/mol. The molecule has 0 saturated carbocycles. The van der Waals surface area contributed by atoms with Gasteiger partial charge in [-0.2, -0.15) is 0 Å². The Hall–Kier alpha value is -1.08. The molecule has 0 amide bonds. The minimum absolute atomic E-state index is 0.0720. The summed E-state index contributed by atoms with van der Waals surface area (Å²) >= 11 is 4.87. The Balaban J connectivity index is 2.86. The summed E-state index contributed by atoms with van der Waals surface area (Å²) in [5, 5.41) is 0. The Bertz CT molecular complexity index is 471. The number of rotatable bonds is 9. The van der Waals surface area contributed by atoms with Crippen LogP contribution >= 0.6 is 12.2 Å². The van der Waals surface area contributed by atoms with Gasteiger partial charge in [0.1, 0.15) is 10.8 Å². The van der Waals surface area contributed by atoms with Crippen molar-refractivity contribution in [2.45, 2.75) is 19.5 Å². The number of halogens is 1. The highest BCUT2D eigenvalue weighted by atomic mass is 32.1. The second-order valence-electron chi connectivity index (χ2n) is 4.95. The van der Waals surface area contributed by atoms with E-state index in [4.69, 9.17) is 27.4 Å². The molecule has 4 nitrogen and oxygen atoms in total. The number of hydrogen-bond donors (Lipinski definition) is 1. The number of hydrogen-bond acceptors (Lipinski definition) is 4. The lowest BCUT2D eigenvalue weighted by atomic mass is 10.1. The van der Waals surface area contributed by atoms with E-state index >= 15 is 0 Å². The zero-order valence-corrected chi connectivity index (χ0v) is 13.6. The summed E-state index contributed by atoms with van der Waals surface area (Å²) in [6.07, 6.45) is 0. The van der Waals surface area contributed by atoms with E-state index in [0.717, 1.165) is 12.1 Å². The third-order valence-electron chi connectivity index (χ3n) is 3.30. The van der Waals surface area contributed by atoms with Crippen LogP contribution in [0.4, 0.5) is 4.39 Å². The van der Waals surface area contributed by atoms with Crippen molar-refractivity contribution in [3.8, 4) is 0 Å². The number of ether oxygens (including phenoxy) is 2. The quantitative estimate of drug-likeness (QED) is 0.706. The van der Waals surface area contributed by atoms with E-state index in [0.29, 0.717) is 19.8 Å². The molecule has 0 fully saturated rings.